The molecule has 1 heterocycles. The summed E-state index contributed by atoms with van der Waals surface area (Å²) in [6.07, 6.45) is 0. The quantitative estimate of drug-likeness (QED) is 0.845. The maximum Gasteiger partial charge on any atom is 0.234 e. The molecule has 1 atom stereocenters. The van der Waals surface area contributed by atoms with Gasteiger partial charge >= 0.3 is 0 Å². The average Bonchev–Trinajstić information content (AvgIpc) is 2.53. The summed E-state index contributed by atoms with van der Waals surface area (Å²) >= 11 is 1.68. The van der Waals surface area contributed by atoms with Crippen molar-refractivity contribution < 1.29 is 4.79 Å². The van der Waals surface area contributed by atoms with Gasteiger partial charge in [0.15, 0.2) is 0 Å². The Morgan fingerprint density at radius 3 is 2.47 bits per heavy atom. The Balaban J connectivity index is 2.47. The third-order valence-corrected chi connectivity index (χ3v) is 3.61. The third kappa shape index (κ3) is 4.44. The first-order valence-electron chi connectivity index (χ1n) is 5.86. The molecule has 0 aromatic carbocycles. The molecule has 1 aromatic rings. The van der Waals surface area contributed by atoms with Crippen molar-refractivity contribution in [3.8, 4) is 0 Å². The van der Waals surface area contributed by atoms with Crippen LogP contribution in [0, 0.1) is 13.8 Å². The molecular formula is C12H21N3OS. The van der Waals surface area contributed by atoms with E-state index >= 15 is 0 Å². The molecule has 1 aromatic heterocycles. The van der Waals surface area contributed by atoms with Gasteiger partial charge in [-0.05, 0) is 34.6 Å². The zero-order valence-corrected chi connectivity index (χ0v) is 11.9. The van der Waals surface area contributed by atoms with E-state index in [0.717, 1.165) is 10.7 Å². The lowest BCUT2D eigenvalue weighted by Crippen LogP contribution is -2.38. The van der Waals surface area contributed by atoms with E-state index in [-0.39, 0.29) is 18.0 Å². The van der Waals surface area contributed by atoms with E-state index in [0.29, 0.717) is 6.54 Å². The summed E-state index contributed by atoms with van der Waals surface area (Å²) in [5.41, 5.74) is 1.05. The zero-order valence-electron chi connectivity index (χ0n) is 11.1. The predicted molar refractivity (Wildman–Crippen MR) is 71.3 cm³/mol. The molecule has 0 saturated heterocycles. The van der Waals surface area contributed by atoms with Gasteiger partial charge in [-0.2, -0.15) is 0 Å². The van der Waals surface area contributed by atoms with E-state index in [1.807, 2.05) is 27.7 Å². The molecule has 0 radical (unpaired) electrons. The van der Waals surface area contributed by atoms with Gasteiger partial charge in [0.25, 0.3) is 0 Å². The molecular weight excluding hydrogens is 234 g/mol. The molecule has 0 aliphatic carbocycles. The molecule has 0 aliphatic heterocycles. The van der Waals surface area contributed by atoms with Gasteiger partial charge in [-0.3, -0.25) is 4.79 Å². The van der Waals surface area contributed by atoms with Gasteiger partial charge in [-0.25, -0.2) is 4.98 Å². The van der Waals surface area contributed by atoms with Gasteiger partial charge in [0.2, 0.25) is 5.91 Å². The van der Waals surface area contributed by atoms with E-state index in [4.69, 9.17) is 0 Å². The smallest absolute Gasteiger partial charge is 0.234 e. The van der Waals surface area contributed by atoms with Crippen LogP contribution in [0.25, 0.3) is 0 Å². The number of carbonyl (C=O) groups excluding carboxylic acids is 1. The molecule has 0 fully saturated rings. The van der Waals surface area contributed by atoms with E-state index in [1.54, 1.807) is 11.3 Å². The second-order valence-corrected chi connectivity index (χ2v) is 5.74. The van der Waals surface area contributed by atoms with Gasteiger partial charge < -0.3 is 10.6 Å². The van der Waals surface area contributed by atoms with Crippen LogP contribution >= 0.6 is 11.3 Å². The van der Waals surface area contributed by atoms with Crippen molar-refractivity contribution in [1.82, 2.24) is 15.6 Å². The van der Waals surface area contributed by atoms with Crippen LogP contribution in [0.3, 0.4) is 0 Å². The van der Waals surface area contributed by atoms with Crippen LogP contribution in [0.4, 0.5) is 0 Å². The first kappa shape index (κ1) is 14.1. The molecule has 0 aliphatic rings. The van der Waals surface area contributed by atoms with Crippen LogP contribution in [0.1, 0.15) is 42.4 Å². The Morgan fingerprint density at radius 1 is 1.35 bits per heavy atom. The van der Waals surface area contributed by atoms with Crippen molar-refractivity contribution in [3.05, 3.63) is 15.6 Å². The fourth-order valence-corrected chi connectivity index (χ4v) is 2.61. The van der Waals surface area contributed by atoms with Crippen LogP contribution < -0.4 is 10.6 Å². The first-order chi connectivity index (χ1) is 7.90. The standard InChI is InChI=1S/C12H21N3OS/c1-7(2)14-11(16)6-13-8(3)12-9(4)15-10(5)17-12/h7-8,13H,6H2,1-5H3,(H,14,16). The van der Waals surface area contributed by atoms with Gasteiger partial charge in [0.05, 0.1) is 17.2 Å². The van der Waals surface area contributed by atoms with Crippen LogP contribution in [0.15, 0.2) is 0 Å². The lowest BCUT2D eigenvalue weighted by molar-refractivity contribution is -0.120. The Morgan fingerprint density at radius 2 is 2.00 bits per heavy atom. The molecule has 0 spiro atoms. The number of aryl methyl sites for hydroxylation is 2. The highest BCUT2D eigenvalue weighted by atomic mass is 32.1. The van der Waals surface area contributed by atoms with E-state index in [1.165, 1.54) is 4.88 Å². The summed E-state index contributed by atoms with van der Waals surface area (Å²) in [6, 6.07) is 0.353. The average molecular weight is 255 g/mol. The minimum Gasteiger partial charge on any atom is -0.353 e. The number of nitrogens with one attached hydrogen (secondary N) is 2. The molecule has 17 heavy (non-hydrogen) atoms. The SMILES string of the molecule is Cc1nc(C)c(C(C)NCC(=O)NC(C)C)s1. The Bertz CT molecular complexity index is 387. The molecule has 5 heteroatoms. The van der Waals surface area contributed by atoms with Crippen molar-refractivity contribution in [2.45, 2.75) is 46.7 Å². The topological polar surface area (TPSA) is 54.0 Å². The summed E-state index contributed by atoms with van der Waals surface area (Å²) < 4.78 is 0. The highest BCUT2D eigenvalue weighted by Gasteiger charge is 2.13. The second-order valence-electron chi connectivity index (χ2n) is 4.51. The third-order valence-electron chi connectivity index (χ3n) is 2.35. The molecule has 0 bridgehead atoms. The minimum atomic E-state index is 0.0331. The van der Waals surface area contributed by atoms with Gasteiger partial charge in [-0.1, -0.05) is 0 Å². The number of amides is 1. The van der Waals surface area contributed by atoms with E-state index < -0.39 is 0 Å². The van der Waals surface area contributed by atoms with Gasteiger partial charge in [0, 0.05) is 17.0 Å². The second kappa shape index (κ2) is 6.12. The molecule has 0 saturated carbocycles. The lowest BCUT2D eigenvalue weighted by Gasteiger charge is -2.14. The van der Waals surface area contributed by atoms with E-state index in [9.17, 15) is 4.79 Å². The van der Waals surface area contributed by atoms with Gasteiger partial charge in [0.1, 0.15) is 0 Å². The maximum absolute atomic E-state index is 11.5. The summed E-state index contributed by atoms with van der Waals surface area (Å²) in [6.45, 7) is 10.3. The van der Waals surface area contributed by atoms with Crippen LogP contribution in [0.5, 0.6) is 0 Å². The number of nitrogens with zero attached hydrogens (tertiary/aromatic N) is 1. The van der Waals surface area contributed by atoms with Gasteiger partial charge in [-0.15, -0.1) is 11.3 Å². The number of hydrogen-bond donors (Lipinski definition) is 2. The van der Waals surface area contributed by atoms with Crippen molar-refractivity contribution in [2.75, 3.05) is 6.54 Å². The highest BCUT2D eigenvalue weighted by molar-refractivity contribution is 7.11. The van der Waals surface area contributed by atoms with Crippen LogP contribution in [-0.4, -0.2) is 23.5 Å². The van der Waals surface area contributed by atoms with Crippen molar-refractivity contribution in [3.63, 3.8) is 0 Å². The number of hydrogen-bond acceptors (Lipinski definition) is 4. The molecule has 1 amide bonds. The summed E-state index contributed by atoms with van der Waals surface area (Å²) in [5, 5.41) is 7.14. The van der Waals surface area contributed by atoms with Crippen molar-refractivity contribution >= 4 is 17.2 Å². The Kier molecular flexibility index (Phi) is 5.08. The number of rotatable bonds is 5. The maximum atomic E-state index is 11.5. The van der Waals surface area contributed by atoms with Crippen LogP contribution in [0.2, 0.25) is 0 Å². The number of thiazole rings is 1. The monoisotopic (exact) mass is 255 g/mol. The fraction of sp³-hybridized carbons (Fsp3) is 0.667. The molecule has 1 unspecified atom stereocenters. The fourth-order valence-electron chi connectivity index (χ4n) is 1.66. The Labute approximate surface area is 107 Å². The van der Waals surface area contributed by atoms with Crippen molar-refractivity contribution in [1.29, 1.82) is 0 Å². The summed E-state index contributed by atoms with van der Waals surface area (Å²) in [7, 11) is 0. The van der Waals surface area contributed by atoms with E-state index in [2.05, 4.69) is 22.5 Å². The number of aromatic nitrogens is 1. The highest BCUT2D eigenvalue weighted by Crippen LogP contribution is 2.23. The molecule has 4 nitrogen and oxygen atoms in total. The normalized spacial score (nSPS) is 12.8. The molecule has 96 valence electrons. The minimum absolute atomic E-state index is 0.0331. The van der Waals surface area contributed by atoms with Crippen molar-refractivity contribution in [2.24, 2.45) is 0 Å². The summed E-state index contributed by atoms with van der Waals surface area (Å²) in [4.78, 5) is 17.1. The largest absolute Gasteiger partial charge is 0.353 e. The summed E-state index contributed by atoms with van der Waals surface area (Å²) in [5.74, 6) is 0.0331. The zero-order chi connectivity index (χ0) is 13.0. The molecule has 1 rings (SSSR count). The van der Waals surface area contributed by atoms with Crippen LogP contribution in [-0.2, 0) is 4.79 Å². The predicted octanol–water partition coefficient (Wildman–Crippen LogP) is 1.94. The first-order valence-corrected chi connectivity index (χ1v) is 6.68. The number of carbonyl (C=O) groups is 1. The molecule has 2 N–H and O–H groups in total. The Hall–Kier alpha value is -0.940. The lowest BCUT2D eigenvalue weighted by atomic mass is 10.2.